The molecule has 1 atom stereocenters. The summed E-state index contributed by atoms with van der Waals surface area (Å²) in [6.07, 6.45) is 7.80. The molecule has 18 heavy (non-hydrogen) atoms. The van der Waals surface area contributed by atoms with Gasteiger partial charge in [0.1, 0.15) is 0 Å². The molecule has 2 aliphatic rings. The Morgan fingerprint density at radius 2 is 1.44 bits per heavy atom. The Labute approximate surface area is 112 Å². The molecule has 2 heteroatoms. The minimum absolute atomic E-state index is 0.0217. The van der Waals surface area contributed by atoms with E-state index in [1.807, 2.05) is 0 Å². The molecule has 106 valence electrons. The maximum Gasteiger partial charge on any atom is 0.0766 e. The third-order valence-corrected chi connectivity index (χ3v) is 6.29. The Hall–Kier alpha value is -0.0800. The highest BCUT2D eigenvalue weighted by atomic mass is 16.3. The molecule has 0 aromatic rings. The first-order chi connectivity index (χ1) is 8.18. The first-order valence-corrected chi connectivity index (χ1v) is 7.61. The van der Waals surface area contributed by atoms with Crippen LogP contribution in [0.2, 0.25) is 0 Å². The van der Waals surface area contributed by atoms with E-state index in [1.165, 1.54) is 12.8 Å². The van der Waals surface area contributed by atoms with Crippen molar-refractivity contribution >= 4 is 0 Å². The summed E-state index contributed by atoms with van der Waals surface area (Å²) in [5.74, 6) is 0. The van der Waals surface area contributed by atoms with Gasteiger partial charge in [0, 0.05) is 12.0 Å². The lowest BCUT2D eigenvalue weighted by Gasteiger charge is -2.56. The standard InChI is InChI=1S/C16H31NO/c1-13(2)8-10-15(12-17,11-9-13)16(18)7-5-6-14(16,3)4/h18H,5-12,17H2,1-4H3. The van der Waals surface area contributed by atoms with Crippen LogP contribution in [0.3, 0.4) is 0 Å². The molecule has 0 aromatic heterocycles. The van der Waals surface area contributed by atoms with Gasteiger partial charge in [-0.3, -0.25) is 0 Å². The van der Waals surface area contributed by atoms with Gasteiger partial charge in [-0.2, -0.15) is 0 Å². The number of hydrogen-bond donors (Lipinski definition) is 2. The maximum absolute atomic E-state index is 11.4. The second-order valence-corrected chi connectivity index (χ2v) is 8.25. The molecule has 3 N–H and O–H groups in total. The normalized spacial score (nSPS) is 37.7. The van der Waals surface area contributed by atoms with Gasteiger partial charge in [-0.1, -0.05) is 27.7 Å². The Bertz CT molecular complexity index is 311. The Morgan fingerprint density at radius 1 is 0.889 bits per heavy atom. The smallest absolute Gasteiger partial charge is 0.0766 e. The van der Waals surface area contributed by atoms with Crippen molar-refractivity contribution in [1.29, 1.82) is 0 Å². The van der Waals surface area contributed by atoms with E-state index in [-0.39, 0.29) is 10.8 Å². The highest BCUT2D eigenvalue weighted by molar-refractivity contribution is 5.12. The SMILES string of the molecule is CC1(C)CCC(CN)(C2(O)CCCC2(C)C)CC1. The number of nitrogens with two attached hydrogens (primary N) is 1. The van der Waals surface area contributed by atoms with Gasteiger partial charge in [-0.15, -0.1) is 0 Å². The number of hydrogen-bond acceptors (Lipinski definition) is 2. The van der Waals surface area contributed by atoms with Crippen LogP contribution < -0.4 is 5.73 Å². The van der Waals surface area contributed by atoms with E-state index in [9.17, 15) is 5.11 Å². The molecule has 2 saturated carbocycles. The summed E-state index contributed by atoms with van der Waals surface area (Å²) in [5, 5.41) is 11.4. The van der Waals surface area contributed by atoms with Gasteiger partial charge in [0.25, 0.3) is 0 Å². The van der Waals surface area contributed by atoms with Crippen molar-refractivity contribution in [2.75, 3.05) is 6.54 Å². The van der Waals surface area contributed by atoms with Gasteiger partial charge in [-0.25, -0.2) is 0 Å². The van der Waals surface area contributed by atoms with Crippen molar-refractivity contribution in [3.63, 3.8) is 0 Å². The van der Waals surface area contributed by atoms with Gasteiger partial charge in [0.15, 0.2) is 0 Å². The molecule has 2 rings (SSSR count). The molecule has 0 saturated heterocycles. The largest absolute Gasteiger partial charge is 0.389 e. The van der Waals surface area contributed by atoms with Crippen molar-refractivity contribution in [1.82, 2.24) is 0 Å². The Balaban J connectivity index is 2.29. The molecule has 0 amide bonds. The average Bonchev–Trinajstić information content (AvgIpc) is 2.55. The van der Waals surface area contributed by atoms with Crippen LogP contribution in [0.1, 0.15) is 72.6 Å². The molecule has 2 nitrogen and oxygen atoms in total. The van der Waals surface area contributed by atoms with E-state index in [4.69, 9.17) is 5.73 Å². The summed E-state index contributed by atoms with van der Waals surface area (Å²) < 4.78 is 0. The molecule has 0 aliphatic heterocycles. The second kappa shape index (κ2) is 4.21. The van der Waals surface area contributed by atoms with Crippen molar-refractivity contribution < 1.29 is 5.11 Å². The van der Waals surface area contributed by atoms with Crippen molar-refractivity contribution in [2.24, 2.45) is 22.0 Å². The molecule has 1 unspecified atom stereocenters. The summed E-state index contributed by atoms with van der Waals surface area (Å²) in [6, 6.07) is 0. The maximum atomic E-state index is 11.4. The third-order valence-electron chi connectivity index (χ3n) is 6.29. The summed E-state index contributed by atoms with van der Waals surface area (Å²) in [4.78, 5) is 0. The van der Waals surface area contributed by atoms with E-state index >= 15 is 0 Å². The highest BCUT2D eigenvalue weighted by Crippen LogP contribution is 2.60. The van der Waals surface area contributed by atoms with Crippen LogP contribution in [0.25, 0.3) is 0 Å². The molecule has 0 aromatic carbocycles. The van der Waals surface area contributed by atoms with Crippen LogP contribution in [-0.2, 0) is 0 Å². The molecule has 0 bridgehead atoms. The van der Waals surface area contributed by atoms with E-state index in [0.717, 1.165) is 32.1 Å². The molecule has 0 spiro atoms. The summed E-state index contributed by atoms with van der Waals surface area (Å²) in [5.41, 5.74) is 6.01. The monoisotopic (exact) mass is 253 g/mol. The predicted octanol–water partition coefficient (Wildman–Crippen LogP) is 3.47. The van der Waals surface area contributed by atoms with Crippen LogP contribution in [0.15, 0.2) is 0 Å². The summed E-state index contributed by atoms with van der Waals surface area (Å²) in [7, 11) is 0. The Morgan fingerprint density at radius 3 is 1.83 bits per heavy atom. The second-order valence-electron chi connectivity index (χ2n) is 8.25. The first-order valence-electron chi connectivity index (χ1n) is 7.61. The van der Waals surface area contributed by atoms with E-state index in [0.29, 0.717) is 12.0 Å². The highest BCUT2D eigenvalue weighted by Gasteiger charge is 2.60. The minimum Gasteiger partial charge on any atom is -0.389 e. The van der Waals surface area contributed by atoms with Crippen molar-refractivity contribution in [2.45, 2.75) is 78.2 Å². The van der Waals surface area contributed by atoms with Gasteiger partial charge >= 0.3 is 0 Å². The van der Waals surface area contributed by atoms with Crippen LogP contribution in [0, 0.1) is 16.2 Å². The average molecular weight is 253 g/mol. The van der Waals surface area contributed by atoms with Gasteiger partial charge in [0.05, 0.1) is 5.60 Å². The zero-order valence-electron chi connectivity index (χ0n) is 12.7. The molecular formula is C16H31NO. The van der Waals surface area contributed by atoms with E-state index < -0.39 is 5.60 Å². The number of aliphatic hydroxyl groups is 1. The zero-order valence-corrected chi connectivity index (χ0v) is 12.7. The lowest BCUT2D eigenvalue weighted by Crippen LogP contribution is -2.59. The van der Waals surface area contributed by atoms with E-state index in [1.54, 1.807) is 0 Å². The molecule has 2 aliphatic carbocycles. The zero-order chi connectivity index (χ0) is 13.7. The van der Waals surface area contributed by atoms with Crippen molar-refractivity contribution in [3.8, 4) is 0 Å². The molecule has 2 fully saturated rings. The summed E-state index contributed by atoms with van der Waals surface area (Å²) in [6.45, 7) is 9.80. The minimum atomic E-state index is -0.550. The summed E-state index contributed by atoms with van der Waals surface area (Å²) >= 11 is 0. The topological polar surface area (TPSA) is 46.2 Å². The van der Waals surface area contributed by atoms with Crippen molar-refractivity contribution in [3.05, 3.63) is 0 Å². The quantitative estimate of drug-likeness (QED) is 0.791. The van der Waals surface area contributed by atoms with Crippen LogP contribution >= 0.6 is 0 Å². The molecule has 0 radical (unpaired) electrons. The fourth-order valence-electron chi connectivity index (χ4n) is 4.51. The van der Waals surface area contributed by atoms with Crippen LogP contribution in [-0.4, -0.2) is 17.3 Å². The fourth-order valence-corrected chi connectivity index (χ4v) is 4.51. The lowest BCUT2D eigenvalue weighted by atomic mass is 9.53. The predicted molar refractivity (Wildman–Crippen MR) is 76.3 cm³/mol. The van der Waals surface area contributed by atoms with Gasteiger partial charge in [-0.05, 0) is 55.8 Å². The first kappa shape index (κ1) is 14.3. The van der Waals surface area contributed by atoms with E-state index in [2.05, 4.69) is 27.7 Å². The third kappa shape index (κ3) is 1.92. The van der Waals surface area contributed by atoms with Crippen LogP contribution in [0.5, 0.6) is 0 Å². The number of rotatable bonds is 2. The Kier molecular flexibility index (Phi) is 3.35. The lowest BCUT2D eigenvalue weighted by molar-refractivity contribution is -0.163. The van der Waals surface area contributed by atoms with Crippen LogP contribution in [0.4, 0.5) is 0 Å². The van der Waals surface area contributed by atoms with Gasteiger partial charge < -0.3 is 10.8 Å². The molecular weight excluding hydrogens is 222 g/mol. The fraction of sp³-hybridized carbons (Fsp3) is 1.00. The van der Waals surface area contributed by atoms with Gasteiger partial charge in [0.2, 0.25) is 0 Å². The molecule has 0 heterocycles.